The van der Waals surface area contributed by atoms with E-state index in [4.69, 9.17) is 9.47 Å². The van der Waals surface area contributed by atoms with Gasteiger partial charge in [-0.05, 0) is 121 Å². The monoisotopic (exact) mass is 634 g/mol. The van der Waals surface area contributed by atoms with Crippen LogP contribution in [0.4, 0.5) is 0 Å². The molecule has 0 aromatic rings. The lowest BCUT2D eigenvalue weighted by Crippen LogP contribution is -2.68. The first kappa shape index (κ1) is 33.6. The van der Waals surface area contributed by atoms with Gasteiger partial charge in [-0.3, -0.25) is 4.79 Å². The summed E-state index contributed by atoms with van der Waals surface area (Å²) in [6.45, 7) is 16.6. The topological polar surface area (TPSA) is 154 Å². The highest BCUT2D eigenvalue weighted by atomic mass is 16.7. The maximum absolute atomic E-state index is 14.4. The molecular formula is C36H58O9. The van der Waals surface area contributed by atoms with Crippen LogP contribution in [0, 0.1) is 56.2 Å². The summed E-state index contributed by atoms with van der Waals surface area (Å²) in [6.07, 6.45) is 1.03. The Morgan fingerprint density at radius 3 is 2.02 bits per heavy atom. The van der Waals surface area contributed by atoms with E-state index in [1.165, 1.54) is 0 Å². The van der Waals surface area contributed by atoms with E-state index in [2.05, 4.69) is 48.5 Å². The Morgan fingerprint density at radius 2 is 1.36 bits per heavy atom. The highest BCUT2D eigenvalue weighted by molar-refractivity contribution is 5.78. The van der Waals surface area contributed by atoms with Crippen LogP contribution < -0.4 is 0 Å². The van der Waals surface area contributed by atoms with E-state index in [0.717, 1.165) is 57.8 Å². The molecule has 0 amide bonds. The van der Waals surface area contributed by atoms with Crippen LogP contribution >= 0.6 is 0 Å². The van der Waals surface area contributed by atoms with Gasteiger partial charge < -0.3 is 35.0 Å². The molecule has 0 spiro atoms. The van der Waals surface area contributed by atoms with Gasteiger partial charge in [-0.25, -0.2) is 4.79 Å². The lowest BCUT2D eigenvalue weighted by Gasteiger charge is -2.73. The standard InChI is InChI=1S/C36H58O9/c1-31(2)14-16-36(30(43)45-29-26(40)24(38)25(39)27(44-29)28(41)42)17-15-34(6)19(20(36)18-31)8-9-22-33(5)12-11-23(37)32(3,4)21(33)10-13-35(22,34)7/h19-27,29,37-40H,8-18H2,1-7H3,(H,41,42)/t19?,20-,21-,22+,23-,24-,25-,26+,27-,29-,33-,34+,35+,36-/m0/s1. The quantitative estimate of drug-likeness (QED) is 0.279. The molecule has 14 atom stereocenters. The molecule has 1 saturated heterocycles. The van der Waals surface area contributed by atoms with Crippen LogP contribution in [0.2, 0.25) is 0 Å². The molecule has 1 heterocycles. The highest BCUT2D eigenvalue weighted by Gasteiger charge is 2.71. The Hall–Kier alpha value is -1.26. The minimum atomic E-state index is -1.84. The number of carboxylic acid groups (broad SMARTS) is 1. The van der Waals surface area contributed by atoms with Gasteiger partial charge in [0.05, 0.1) is 11.5 Å². The first-order valence-corrected chi connectivity index (χ1v) is 17.6. The molecule has 0 aromatic heterocycles. The summed E-state index contributed by atoms with van der Waals surface area (Å²) in [6, 6.07) is 0. The summed E-state index contributed by atoms with van der Waals surface area (Å²) in [5.74, 6) is -0.594. The first-order valence-electron chi connectivity index (χ1n) is 17.6. The molecule has 5 N–H and O–H groups in total. The third-order valence-corrected chi connectivity index (χ3v) is 15.7. The van der Waals surface area contributed by atoms with E-state index >= 15 is 0 Å². The van der Waals surface area contributed by atoms with Gasteiger partial charge in [0.2, 0.25) is 6.29 Å². The fraction of sp³-hybridized carbons (Fsp3) is 0.944. The molecule has 1 aliphatic heterocycles. The minimum absolute atomic E-state index is 0.0154. The van der Waals surface area contributed by atoms with Crippen molar-refractivity contribution < 1.29 is 44.6 Å². The second-order valence-corrected chi connectivity index (χ2v) is 18.3. The van der Waals surface area contributed by atoms with Gasteiger partial charge in [0.15, 0.2) is 6.10 Å². The number of ether oxygens (including phenoxy) is 2. The van der Waals surface area contributed by atoms with Crippen molar-refractivity contribution >= 4 is 11.9 Å². The van der Waals surface area contributed by atoms with E-state index in [9.17, 15) is 35.1 Å². The zero-order valence-corrected chi connectivity index (χ0v) is 28.4. The number of carbonyl (C=O) groups excluding carboxylic acids is 1. The summed E-state index contributed by atoms with van der Waals surface area (Å²) >= 11 is 0. The van der Waals surface area contributed by atoms with Crippen LogP contribution in [0.15, 0.2) is 0 Å². The predicted molar refractivity (Wildman–Crippen MR) is 165 cm³/mol. The summed E-state index contributed by atoms with van der Waals surface area (Å²) < 4.78 is 11.3. The Morgan fingerprint density at radius 1 is 0.689 bits per heavy atom. The third-order valence-electron chi connectivity index (χ3n) is 15.7. The van der Waals surface area contributed by atoms with Gasteiger partial charge in [0.1, 0.15) is 18.3 Å². The summed E-state index contributed by atoms with van der Waals surface area (Å²) in [5.41, 5.74) is -0.586. The summed E-state index contributed by atoms with van der Waals surface area (Å²) in [7, 11) is 0. The summed E-state index contributed by atoms with van der Waals surface area (Å²) in [5, 5.41) is 51.8. The Kier molecular flexibility index (Phi) is 7.94. The van der Waals surface area contributed by atoms with E-state index in [0.29, 0.717) is 30.6 Å². The molecule has 6 fully saturated rings. The van der Waals surface area contributed by atoms with Gasteiger partial charge in [0.25, 0.3) is 0 Å². The van der Waals surface area contributed by atoms with Crippen molar-refractivity contribution in [1.29, 1.82) is 0 Å². The largest absolute Gasteiger partial charge is 0.479 e. The van der Waals surface area contributed by atoms with Crippen LogP contribution in [0.3, 0.4) is 0 Å². The van der Waals surface area contributed by atoms with Crippen molar-refractivity contribution in [1.82, 2.24) is 0 Å². The number of fused-ring (bicyclic) bond motifs is 7. The fourth-order valence-electron chi connectivity index (χ4n) is 12.8. The lowest BCUT2D eigenvalue weighted by atomic mass is 9.31. The Bertz CT molecular complexity index is 1200. The molecule has 6 rings (SSSR count). The highest BCUT2D eigenvalue weighted by Crippen LogP contribution is 2.77. The second kappa shape index (κ2) is 10.6. The molecule has 5 aliphatic carbocycles. The number of esters is 1. The van der Waals surface area contributed by atoms with Crippen LogP contribution in [0.1, 0.15) is 119 Å². The van der Waals surface area contributed by atoms with Crippen LogP contribution in [0.5, 0.6) is 0 Å². The number of rotatable bonds is 3. The Labute approximate surface area is 268 Å². The first-order chi connectivity index (χ1) is 20.7. The van der Waals surface area contributed by atoms with Crippen molar-refractivity contribution in [2.75, 3.05) is 0 Å². The van der Waals surface area contributed by atoms with Gasteiger partial charge in [-0.1, -0.05) is 48.5 Å². The Balaban J connectivity index is 1.32. The number of hydrogen-bond donors (Lipinski definition) is 5. The molecular weight excluding hydrogens is 576 g/mol. The summed E-state index contributed by atoms with van der Waals surface area (Å²) in [4.78, 5) is 26.1. The predicted octanol–water partition coefficient (Wildman–Crippen LogP) is 4.66. The molecule has 256 valence electrons. The molecule has 0 radical (unpaired) electrons. The van der Waals surface area contributed by atoms with E-state index in [1.54, 1.807) is 0 Å². The van der Waals surface area contributed by atoms with E-state index in [1.807, 2.05) is 0 Å². The molecule has 0 aromatic carbocycles. The normalized spacial score (nSPS) is 53.6. The third kappa shape index (κ3) is 4.63. The number of aliphatic carboxylic acids is 1. The average Bonchev–Trinajstić information content (AvgIpc) is 2.95. The zero-order valence-electron chi connectivity index (χ0n) is 28.4. The molecule has 5 saturated carbocycles. The number of carbonyl (C=O) groups is 2. The number of hydrogen-bond acceptors (Lipinski definition) is 8. The molecule has 9 heteroatoms. The minimum Gasteiger partial charge on any atom is -0.479 e. The van der Waals surface area contributed by atoms with Crippen molar-refractivity contribution in [2.24, 2.45) is 56.2 Å². The van der Waals surface area contributed by atoms with Crippen molar-refractivity contribution in [3.8, 4) is 0 Å². The number of aliphatic hydroxyl groups excluding tert-OH is 4. The lowest BCUT2D eigenvalue weighted by molar-refractivity contribution is -0.295. The van der Waals surface area contributed by atoms with Crippen LogP contribution in [-0.4, -0.2) is 74.3 Å². The smallest absolute Gasteiger partial charge is 0.335 e. The second-order valence-electron chi connectivity index (χ2n) is 18.3. The number of aliphatic hydroxyl groups is 4. The van der Waals surface area contributed by atoms with Gasteiger partial charge in [-0.15, -0.1) is 0 Å². The zero-order chi connectivity index (χ0) is 33.1. The van der Waals surface area contributed by atoms with Gasteiger partial charge in [0, 0.05) is 0 Å². The van der Waals surface area contributed by atoms with Gasteiger partial charge in [-0.2, -0.15) is 0 Å². The molecule has 1 unspecified atom stereocenters. The van der Waals surface area contributed by atoms with Crippen molar-refractivity contribution in [3.63, 3.8) is 0 Å². The van der Waals surface area contributed by atoms with Gasteiger partial charge >= 0.3 is 11.9 Å². The van der Waals surface area contributed by atoms with E-state index < -0.39 is 48.1 Å². The maximum Gasteiger partial charge on any atom is 0.335 e. The van der Waals surface area contributed by atoms with Crippen molar-refractivity contribution in [2.45, 2.75) is 156 Å². The van der Waals surface area contributed by atoms with E-state index in [-0.39, 0.29) is 39.1 Å². The molecule has 45 heavy (non-hydrogen) atoms. The van der Waals surface area contributed by atoms with Crippen LogP contribution in [0.25, 0.3) is 0 Å². The average molecular weight is 635 g/mol. The SMILES string of the molecule is CC1(C)CC[C@]2(C(=O)O[C@@H]3O[C@H](C(=O)O)[C@@H](O)[C@H](O)[C@H]3O)CC[C@]3(C)C(CC[C@@H]4[C@@]5(C)CC[C@H](O)C(C)(C)[C@@H]5CC[C@]43C)[C@@H]2C1. The maximum atomic E-state index is 14.4. The molecule has 6 aliphatic rings. The van der Waals surface area contributed by atoms with Crippen LogP contribution in [-0.2, 0) is 19.1 Å². The van der Waals surface area contributed by atoms with Crippen molar-refractivity contribution in [3.05, 3.63) is 0 Å². The molecule has 0 bridgehead atoms. The number of carboxylic acids is 1. The molecule has 9 nitrogen and oxygen atoms in total. The fourth-order valence-corrected chi connectivity index (χ4v) is 12.8.